The Labute approximate surface area is 120 Å². The highest BCUT2D eigenvalue weighted by atomic mass is 32.2. The Morgan fingerprint density at radius 1 is 1.37 bits per heavy atom. The van der Waals surface area contributed by atoms with Gasteiger partial charge in [0.25, 0.3) is 5.56 Å². The molecule has 1 aromatic carbocycles. The Balaban J connectivity index is 2.56. The van der Waals surface area contributed by atoms with Gasteiger partial charge in [0.2, 0.25) is 0 Å². The van der Waals surface area contributed by atoms with Gasteiger partial charge >= 0.3 is 0 Å². The lowest BCUT2D eigenvalue weighted by atomic mass is 10.3. The van der Waals surface area contributed by atoms with E-state index < -0.39 is 0 Å². The van der Waals surface area contributed by atoms with E-state index in [-0.39, 0.29) is 5.56 Å². The molecule has 0 aliphatic heterocycles. The highest BCUT2D eigenvalue weighted by Gasteiger charge is 2.11. The maximum atomic E-state index is 12.5. The molecule has 1 aromatic heterocycles. The molecule has 2 aromatic rings. The minimum absolute atomic E-state index is 0.0302. The smallest absolute Gasteiger partial charge is 0.268 e. The van der Waals surface area contributed by atoms with Crippen molar-refractivity contribution in [3.05, 3.63) is 59.5 Å². The zero-order chi connectivity index (χ0) is 13.7. The first-order valence-electron chi connectivity index (χ1n) is 5.73. The number of benzene rings is 1. The second-order valence-electron chi connectivity index (χ2n) is 3.68. The number of thioether (sulfide) groups is 2. The summed E-state index contributed by atoms with van der Waals surface area (Å²) >= 11 is 2.91. The second-order valence-corrected chi connectivity index (χ2v) is 5.52. The van der Waals surface area contributed by atoms with Crippen molar-refractivity contribution in [1.29, 1.82) is 0 Å². The Bertz CT molecular complexity index is 623. The fourth-order valence-electron chi connectivity index (χ4n) is 1.62. The molecule has 0 radical (unpaired) electrons. The molecule has 3 nitrogen and oxygen atoms in total. The first-order chi connectivity index (χ1) is 9.27. The fourth-order valence-corrected chi connectivity index (χ4v) is 2.79. The standard InChI is InChI=1S/C14H14N2OS2/c1-3-9-19-12-10-15-14(18-2)16(13(12)17)11-7-5-4-6-8-11/h3-8,10H,1,9H2,2H3. The topological polar surface area (TPSA) is 34.9 Å². The molecule has 0 bridgehead atoms. The Morgan fingerprint density at radius 3 is 2.74 bits per heavy atom. The third kappa shape index (κ3) is 3.11. The summed E-state index contributed by atoms with van der Waals surface area (Å²) < 4.78 is 1.65. The average molecular weight is 290 g/mol. The van der Waals surface area contributed by atoms with E-state index in [4.69, 9.17) is 0 Å². The maximum Gasteiger partial charge on any atom is 0.272 e. The molecule has 1 heterocycles. The highest BCUT2D eigenvalue weighted by molar-refractivity contribution is 7.99. The summed E-state index contributed by atoms with van der Waals surface area (Å²) in [5.41, 5.74) is 0.808. The number of nitrogens with zero attached hydrogens (tertiary/aromatic N) is 2. The van der Waals surface area contributed by atoms with Crippen LogP contribution in [0.2, 0.25) is 0 Å². The summed E-state index contributed by atoms with van der Waals surface area (Å²) in [6.07, 6.45) is 5.33. The number of hydrogen-bond donors (Lipinski definition) is 0. The third-order valence-corrected chi connectivity index (χ3v) is 4.10. The lowest BCUT2D eigenvalue weighted by molar-refractivity contribution is 0.767. The summed E-state index contributed by atoms with van der Waals surface area (Å²) in [7, 11) is 0. The number of para-hydroxylation sites is 1. The maximum absolute atomic E-state index is 12.5. The van der Waals surface area contributed by atoms with Crippen LogP contribution >= 0.6 is 23.5 Å². The largest absolute Gasteiger partial charge is 0.272 e. The Morgan fingerprint density at radius 2 is 2.11 bits per heavy atom. The molecular weight excluding hydrogens is 276 g/mol. The molecule has 2 rings (SSSR count). The van der Waals surface area contributed by atoms with Crippen LogP contribution in [0, 0.1) is 0 Å². The van der Waals surface area contributed by atoms with Gasteiger partial charge in [-0.25, -0.2) is 4.98 Å². The van der Waals surface area contributed by atoms with Crippen LogP contribution in [0.25, 0.3) is 5.69 Å². The van der Waals surface area contributed by atoms with E-state index >= 15 is 0 Å². The summed E-state index contributed by atoms with van der Waals surface area (Å²) in [4.78, 5) is 17.5. The number of hydrogen-bond acceptors (Lipinski definition) is 4. The molecule has 19 heavy (non-hydrogen) atoms. The van der Waals surface area contributed by atoms with Crippen LogP contribution in [0.3, 0.4) is 0 Å². The first kappa shape index (κ1) is 14.0. The summed E-state index contributed by atoms with van der Waals surface area (Å²) in [6.45, 7) is 3.67. The molecule has 0 saturated carbocycles. The van der Waals surface area contributed by atoms with E-state index in [0.29, 0.717) is 15.8 Å². The van der Waals surface area contributed by atoms with Gasteiger partial charge in [0, 0.05) is 11.9 Å². The lowest BCUT2D eigenvalue weighted by Crippen LogP contribution is -2.22. The van der Waals surface area contributed by atoms with Crippen LogP contribution in [0.15, 0.2) is 64.0 Å². The van der Waals surface area contributed by atoms with Crippen molar-refractivity contribution in [2.45, 2.75) is 10.1 Å². The predicted octanol–water partition coefficient (Wildman–Crippen LogP) is 3.23. The van der Waals surface area contributed by atoms with Gasteiger partial charge in [0.05, 0.1) is 10.6 Å². The van der Waals surface area contributed by atoms with Crippen molar-refractivity contribution in [2.24, 2.45) is 0 Å². The van der Waals surface area contributed by atoms with Crippen LogP contribution < -0.4 is 5.56 Å². The molecule has 0 spiro atoms. The van der Waals surface area contributed by atoms with Gasteiger partial charge in [0.15, 0.2) is 5.16 Å². The Kier molecular flexibility index (Phi) is 4.87. The molecule has 5 heteroatoms. The van der Waals surface area contributed by atoms with E-state index in [9.17, 15) is 4.79 Å². The summed E-state index contributed by atoms with van der Waals surface area (Å²) in [6, 6.07) is 9.57. The van der Waals surface area contributed by atoms with Crippen molar-refractivity contribution in [1.82, 2.24) is 9.55 Å². The van der Waals surface area contributed by atoms with Gasteiger partial charge in [0.1, 0.15) is 0 Å². The van der Waals surface area contributed by atoms with E-state index in [2.05, 4.69) is 11.6 Å². The van der Waals surface area contributed by atoms with Gasteiger partial charge in [-0.3, -0.25) is 9.36 Å². The van der Waals surface area contributed by atoms with Gasteiger partial charge in [-0.15, -0.1) is 18.3 Å². The van der Waals surface area contributed by atoms with Crippen molar-refractivity contribution < 1.29 is 0 Å². The lowest BCUT2D eigenvalue weighted by Gasteiger charge is -2.11. The summed E-state index contributed by atoms with van der Waals surface area (Å²) in [5.74, 6) is 0.699. The molecule has 0 fully saturated rings. The molecule has 0 aliphatic carbocycles. The monoisotopic (exact) mass is 290 g/mol. The van der Waals surface area contributed by atoms with E-state index in [1.807, 2.05) is 36.6 Å². The zero-order valence-corrected chi connectivity index (χ0v) is 12.2. The normalized spacial score (nSPS) is 10.4. The third-order valence-electron chi connectivity index (χ3n) is 2.45. The van der Waals surface area contributed by atoms with E-state index in [0.717, 1.165) is 5.69 Å². The van der Waals surface area contributed by atoms with Gasteiger partial charge < -0.3 is 0 Å². The molecule has 0 atom stereocenters. The molecule has 0 amide bonds. The second kappa shape index (κ2) is 6.63. The van der Waals surface area contributed by atoms with E-state index in [1.54, 1.807) is 16.8 Å². The van der Waals surface area contributed by atoms with Crippen molar-refractivity contribution in [3.63, 3.8) is 0 Å². The van der Waals surface area contributed by atoms with E-state index in [1.165, 1.54) is 23.5 Å². The van der Waals surface area contributed by atoms with Crippen LogP contribution in [0.5, 0.6) is 0 Å². The summed E-state index contributed by atoms with van der Waals surface area (Å²) in [5, 5.41) is 0.694. The number of rotatable bonds is 5. The SMILES string of the molecule is C=CCSc1cnc(SC)n(-c2ccccc2)c1=O. The average Bonchev–Trinajstić information content (AvgIpc) is 2.46. The molecule has 98 valence electrons. The predicted molar refractivity (Wildman–Crippen MR) is 82.5 cm³/mol. The first-order valence-corrected chi connectivity index (χ1v) is 7.94. The van der Waals surface area contributed by atoms with Gasteiger partial charge in [-0.05, 0) is 18.4 Å². The quantitative estimate of drug-likeness (QED) is 0.481. The molecule has 0 N–H and O–H groups in total. The van der Waals surface area contributed by atoms with Crippen LogP contribution in [-0.2, 0) is 0 Å². The van der Waals surface area contributed by atoms with Gasteiger partial charge in [-0.2, -0.15) is 0 Å². The number of aromatic nitrogens is 2. The zero-order valence-electron chi connectivity index (χ0n) is 10.6. The Hall–Kier alpha value is -1.46. The molecular formula is C14H14N2OS2. The van der Waals surface area contributed by atoms with Crippen LogP contribution in [-0.4, -0.2) is 21.6 Å². The minimum atomic E-state index is -0.0302. The van der Waals surface area contributed by atoms with Crippen molar-refractivity contribution >= 4 is 23.5 Å². The van der Waals surface area contributed by atoms with Crippen molar-refractivity contribution in [3.8, 4) is 5.69 Å². The minimum Gasteiger partial charge on any atom is -0.268 e. The fraction of sp³-hybridized carbons (Fsp3) is 0.143. The van der Waals surface area contributed by atoms with Crippen LogP contribution in [0.4, 0.5) is 0 Å². The highest BCUT2D eigenvalue weighted by Crippen LogP contribution is 2.19. The van der Waals surface area contributed by atoms with Crippen molar-refractivity contribution in [2.75, 3.05) is 12.0 Å². The molecule has 0 aliphatic rings. The van der Waals surface area contributed by atoms with Crippen LogP contribution in [0.1, 0.15) is 0 Å². The molecule has 0 unspecified atom stereocenters. The van der Waals surface area contributed by atoms with Gasteiger partial charge in [-0.1, -0.05) is 36.0 Å². The molecule has 0 saturated heterocycles.